The van der Waals surface area contributed by atoms with Crippen molar-refractivity contribution in [2.24, 2.45) is 0 Å². The predicted octanol–water partition coefficient (Wildman–Crippen LogP) is -0.0727. The van der Waals surface area contributed by atoms with Crippen molar-refractivity contribution in [3.05, 3.63) is 17.5 Å². The fraction of sp³-hybridized carbons (Fsp3) is 0.667. The molecular formula is C9H14N2O4S. The molecule has 1 heterocycles. The molecule has 90 valence electrons. The first-order valence-electron chi connectivity index (χ1n) is 4.99. The van der Waals surface area contributed by atoms with Crippen molar-refractivity contribution in [3.63, 3.8) is 0 Å². The summed E-state index contributed by atoms with van der Waals surface area (Å²) in [4.78, 5) is 0. The van der Waals surface area contributed by atoms with Gasteiger partial charge in [0.15, 0.2) is 0 Å². The second-order valence-corrected chi connectivity index (χ2v) is 5.95. The van der Waals surface area contributed by atoms with Gasteiger partial charge in [0.25, 0.3) is 0 Å². The van der Waals surface area contributed by atoms with E-state index in [9.17, 15) is 8.42 Å². The first-order valence-corrected chi connectivity index (χ1v) is 6.65. The lowest BCUT2D eigenvalue weighted by atomic mass is 10.3. The maximum absolute atomic E-state index is 11.7. The van der Waals surface area contributed by atoms with Gasteiger partial charge in [-0.25, -0.2) is 13.1 Å². The summed E-state index contributed by atoms with van der Waals surface area (Å²) in [6.45, 7) is 1.54. The number of aryl methyl sites for hydroxylation is 1. The van der Waals surface area contributed by atoms with E-state index in [0.29, 0.717) is 24.3 Å². The summed E-state index contributed by atoms with van der Waals surface area (Å²) < 4.78 is 30.7. The molecule has 6 nitrogen and oxygen atoms in total. The third-order valence-electron chi connectivity index (χ3n) is 2.54. The Bertz CT molecular complexity index is 475. The van der Waals surface area contributed by atoms with Crippen LogP contribution >= 0.6 is 0 Å². The quantitative estimate of drug-likeness (QED) is 0.758. The number of rotatable bonds is 5. The molecule has 1 aromatic heterocycles. The van der Waals surface area contributed by atoms with Gasteiger partial charge in [-0.1, -0.05) is 5.16 Å². The van der Waals surface area contributed by atoms with Gasteiger partial charge in [0.2, 0.25) is 10.0 Å². The summed E-state index contributed by atoms with van der Waals surface area (Å²) in [5, 5.41) is 12.6. The second-order valence-electron chi connectivity index (χ2n) is 4.23. The molecule has 0 atom stereocenters. The number of hydrogen-bond acceptors (Lipinski definition) is 5. The van der Waals surface area contributed by atoms with Crippen molar-refractivity contribution in [2.45, 2.75) is 31.1 Å². The minimum absolute atomic E-state index is 0.163. The van der Waals surface area contributed by atoms with Crippen LogP contribution in [0.2, 0.25) is 0 Å². The zero-order chi connectivity index (χ0) is 11.8. The zero-order valence-electron chi connectivity index (χ0n) is 8.93. The van der Waals surface area contributed by atoms with Crippen LogP contribution < -0.4 is 4.72 Å². The van der Waals surface area contributed by atoms with Crippen LogP contribution in [0.15, 0.2) is 10.6 Å². The normalized spacial score (nSPS) is 18.6. The molecule has 0 aromatic carbocycles. The predicted molar refractivity (Wildman–Crippen MR) is 56.1 cm³/mol. The molecule has 0 unspecified atom stereocenters. The van der Waals surface area contributed by atoms with Gasteiger partial charge in [0.1, 0.15) is 17.2 Å². The highest BCUT2D eigenvalue weighted by atomic mass is 32.2. The number of aromatic nitrogens is 1. The number of nitrogens with zero attached hydrogens (tertiary/aromatic N) is 1. The van der Waals surface area contributed by atoms with Crippen LogP contribution in [0.5, 0.6) is 0 Å². The summed E-state index contributed by atoms with van der Waals surface area (Å²) in [6.07, 6.45) is 1.36. The SMILES string of the molecule is Cc1cc(CS(=O)(=O)NC2(CO)CC2)no1. The van der Waals surface area contributed by atoms with Crippen LogP contribution in [0, 0.1) is 6.92 Å². The van der Waals surface area contributed by atoms with Gasteiger partial charge in [-0.05, 0) is 19.8 Å². The topological polar surface area (TPSA) is 92.4 Å². The number of sulfonamides is 1. The fourth-order valence-corrected chi connectivity index (χ4v) is 3.02. The van der Waals surface area contributed by atoms with Crippen LogP contribution in [0.25, 0.3) is 0 Å². The van der Waals surface area contributed by atoms with E-state index in [2.05, 4.69) is 9.88 Å². The minimum atomic E-state index is -3.46. The maximum Gasteiger partial charge on any atom is 0.218 e. The molecule has 0 aliphatic heterocycles. The van der Waals surface area contributed by atoms with Crippen molar-refractivity contribution in [2.75, 3.05) is 6.61 Å². The van der Waals surface area contributed by atoms with E-state index in [0.717, 1.165) is 0 Å². The average molecular weight is 246 g/mol. The number of hydrogen-bond donors (Lipinski definition) is 2. The molecule has 0 spiro atoms. The van der Waals surface area contributed by atoms with Gasteiger partial charge in [-0.2, -0.15) is 0 Å². The Labute approximate surface area is 93.7 Å². The third kappa shape index (κ3) is 2.60. The molecule has 1 aromatic rings. The van der Waals surface area contributed by atoms with E-state index in [1.54, 1.807) is 13.0 Å². The van der Waals surface area contributed by atoms with Gasteiger partial charge < -0.3 is 9.63 Å². The smallest absolute Gasteiger partial charge is 0.218 e. The lowest BCUT2D eigenvalue weighted by molar-refractivity contribution is 0.246. The Morgan fingerprint density at radius 1 is 1.62 bits per heavy atom. The first kappa shape index (κ1) is 11.6. The van der Waals surface area contributed by atoms with Gasteiger partial charge in [-0.15, -0.1) is 0 Å². The Morgan fingerprint density at radius 3 is 2.75 bits per heavy atom. The van der Waals surface area contributed by atoms with Gasteiger partial charge in [0.05, 0.1) is 12.1 Å². The van der Waals surface area contributed by atoms with Crippen molar-refractivity contribution in [3.8, 4) is 0 Å². The van der Waals surface area contributed by atoms with Crippen molar-refractivity contribution in [1.82, 2.24) is 9.88 Å². The largest absolute Gasteiger partial charge is 0.394 e. The summed E-state index contributed by atoms with van der Waals surface area (Å²) in [5.74, 6) is 0.361. The van der Waals surface area contributed by atoms with Gasteiger partial charge >= 0.3 is 0 Å². The Balaban J connectivity index is 2.03. The molecule has 1 fully saturated rings. The molecule has 0 radical (unpaired) electrons. The molecule has 0 amide bonds. The Hall–Kier alpha value is -0.920. The number of aliphatic hydroxyl groups is 1. The van der Waals surface area contributed by atoms with E-state index in [-0.39, 0.29) is 12.4 Å². The summed E-state index contributed by atoms with van der Waals surface area (Å²) in [5.41, 5.74) is -0.254. The number of nitrogens with one attached hydrogen (secondary N) is 1. The molecule has 7 heteroatoms. The highest BCUT2D eigenvalue weighted by Crippen LogP contribution is 2.35. The van der Waals surface area contributed by atoms with Crippen molar-refractivity contribution in [1.29, 1.82) is 0 Å². The Kier molecular flexibility index (Phi) is 2.77. The molecule has 1 aliphatic rings. The van der Waals surface area contributed by atoms with Crippen LogP contribution in [0.4, 0.5) is 0 Å². The Morgan fingerprint density at radius 2 is 2.31 bits per heavy atom. The van der Waals surface area contributed by atoms with E-state index >= 15 is 0 Å². The molecular weight excluding hydrogens is 232 g/mol. The monoisotopic (exact) mass is 246 g/mol. The average Bonchev–Trinajstić information content (AvgIpc) is 2.83. The molecule has 1 saturated carbocycles. The standard InChI is InChI=1S/C9H14N2O4S/c1-7-4-8(10-15-7)5-16(13,14)11-9(6-12)2-3-9/h4,11-12H,2-3,5-6H2,1H3. The molecule has 0 saturated heterocycles. The molecule has 1 aliphatic carbocycles. The van der Waals surface area contributed by atoms with Crippen molar-refractivity contribution >= 4 is 10.0 Å². The highest BCUT2D eigenvalue weighted by Gasteiger charge is 2.45. The van der Waals surface area contributed by atoms with Gasteiger partial charge in [-0.3, -0.25) is 0 Å². The fourth-order valence-electron chi connectivity index (χ4n) is 1.49. The van der Waals surface area contributed by atoms with Crippen LogP contribution in [0.3, 0.4) is 0 Å². The van der Waals surface area contributed by atoms with E-state index < -0.39 is 15.6 Å². The minimum Gasteiger partial charge on any atom is -0.394 e. The van der Waals surface area contributed by atoms with Crippen LogP contribution in [-0.4, -0.2) is 30.8 Å². The van der Waals surface area contributed by atoms with E-state index in [1.807, 2.05) is 0 Å². The van der Waals surface area contributed by atoms with E-state index in [1.165, 1.54) is 0 Å². The second kappa shape index (κ2) is 3.83. The lowest BCUT2D eigenvalue weighted by Gasteiger charge is -2.13. The van der Waals surface area contributed by atoms with Crippen LogP contribution in [0.1, 0.15) is 24.3 Å². The van der Waals surface area contributed by atoms with Crippen LogP contribution in [-0.2, 0) is 15.8 Å². The first-order chi connectivity index (χ1) is 7.45. The number of aliphatic hydroxyl groups excluding tert-OH is 1. The highest BCUT2D eigenvalue weighted by molar-refractivity contribution is 7.88. The van der Waals surface area contributed by atoms with E-state index in [4.69, 9.17) is 9.63 Å². The maximum atomic E-state index is 11.7. The lowest BCUT2D eigenvalue weighted by Crippen LogP contribution is -2.40. The zero-order valence-corrected chi connectivity index (χ0v) is 9.75. The molecule has 0 bridgehead atoms. The van der Waals surface area contributed by atoms with Crippen molar-refractivity contribution < 1.29 is 18.0 Å². The van der Waals surface area contributed by atoms with Gasteiger partial charge in [0, 0.05) is 6.07 Å². The molecule has 16 heavy (non-hydrogen) atoms. The third-order valence-corrected chi connectivity index (χ3v) is 3.96. The summed E-state index contributed by atoms with van der Waals surface area (Å²) in [6, 6.07) is 1.58. The summed E-state index contributed by atoms with van der Waals surface area (Å²) in [7, 11) is -3.46. The molecule has 2 N–H and O–H groups in total. The molecule has 2 rings (SSSR count). The summed E-state index contributed by atoms with van der Waals surface area (Å²) >= 11 is 0.